The molecule has 4 nitrogen and oxygen atoms in total. The Hall–Kier alpha value is -9.51. The van der Waals surface area contributed by atoms with Crippen LogP contribution in [0.1, 0.15) is 64.5 Å². The van der Waals surface area contributed by atoms with Crippen molar-refractivity contribution in [2.45, 2.75) is 25.2 Å². The Morgan fingerprint density at radius 2 is 1.01 bits per heavy atom. The molecule has 2 aliphatic carbocycles. The van der Waals surface area contributed by atoms with Crippen molar-refractivity contribution in [2.24, 2.45) is 0 Å². The van der Waals surface area contributed by atoms with Gasteiger partial charge in [-0.25, -0.2) is 15.0 Å². The number of ether oxygens (including phenoxy) is 1. The third kappa shape index (κ3) is 8.16. The van der Waals surface area contributed by atoms with Gasteiger partial charge in [0.15, 0.2) is 11.6 Å². The Balaban J connectivity index is 1.03. The van der Waals surface area contributed by atoms with E-state index in [1.807, 2.05) is 18.2 Å². The highest BCUT2D eigenvalue weighted by Gasteiger charge is 2.52. The van der Waals surface area contributed by atoms with E-state index in [0.717, 1.165) is 67.0 Å². The summed E-state index contributed by atoms with van der Waals surface area (Å²) in [7, 11) is 0. The molecule has 0 amide bonds. The van der Waals surface area contributed by atoms with Gasteiger partial charge in [0.1, 0.15) is 18.2 Å². The maximum Gasteiger partial charge on any atom is 0.163 e. The number of rotatable bonds is 9. The minimum atomic E-state index is -0.665. The van der Waals surface area contributed by atoms with Gasteiger partial charge in [-0.3, -0.25) is 0 Å². The van der Waals surface area contributed by atoms with Crippen molar-refractivity contribution in [3.63, 3.8) is 0 Å². The normalized spacial score (nSPS) is 16.3. The smallest absolute Gasteiger partial charge is 0.163 e. The van der Waals surface area contributed by atoms with Gasteiger partial charge < -0.3 is 4.74 Å². The number of nitrogens with zero attached hydrogens (tertiary/aromatic N) is 3. The number of hydrogen-bond acceptors (Lipinski definition) is 4. The van der Waals surface area contributed by atoms with E-state index >= 15 is 0 Å². The standard InChI is InChI=1S/C72H53N3O/c1-47-36-39-66-63(46-76-68-35-21-18-30-59(47)68)61-32-17-20-34-65(61)72(66)64-33-19-16-31-60(64)62-38-37-54(45-67(62)72)70-73-69(49(3)41-55(51-24-10-5-11-25-51)40-48(2)50-22-8-4-9-23-50)74-71(75-70)58-43-56(52-26-12-6-13-27-52)42-57(44-58)53-28-14-7-15-29-53/h4-45,49H,1,46H2,2-3H3/b39-36-,48-40+,55-41+. The van der Waals surface area contributed by atoms with Crippen LogP contribution in [0.4, 0.5) is 0 Å². The number of para-hydroxylation sites is 1. The van der Waals surface area contributed by atoms with Crippen LogP contribution in [-0.2, 0) is 5.41 Å². The van der Waals surface area contributed by atoms with Crippen LogP contribution >= 0.6 is 0 Å². The number of fused-ring (bicyclic) bond motifs is 10. The van der Waals surface area contributed by atoms with Crippen molar-refractivity contribution in [3.05, 3.63) is 312 Å². The lowest BCUT2D eigenvalue weighted by Gasteiger charge is -2.32. The molecule has 0 saturated carbocycles. The Bertz CT molecular complexity index is 3960. The zero-order valence-corrected chi connectivity index (χ0v) is 42.5. The zero-order valence-electron chi connectivity index (χ0n) is 42.5. The van der Waals surface area contributed by atoms with Crippen molar-refractivity contribution < 1.29 is 4.74 Å². The lowest BCUT2D eigenvalue weighted by molar-refractivity contribution is 0.368. The molecule has 362 valence electrons. The summed E-state index contributed by atoms with van der Waals surface area (Å²) in [5, 5.41) is 0. The van der Waals surface area contributed by atoms with Gasteiger partial charge in [-0.15, -0.1) is 0 Å². The van der Waals surface area contributed by atoms with Crippen LogP contribution in [0.5, 0.6) is 5.75 Å². The van der Waals surface area contributed by atoms with E-state index < -0.39 is 5.41 Å². The second kappa shape index (κ2) is 19.4. The van der Waals surface area contributed by atoms with Crippen LogP contribution in [-0.4, -0.2) is 21.6 Å². The zero-order chi connectivity index (χ0) is 51.2. The molecule has 0 fully saturated rings. The quantitative estimate of drug-likeness (QED) is 0.135. The van der Waals surface area contributed by atoms with Crippen molar-refractivity contribution in [1.82, 2.24) is 15.0 Å². The molecule has 0 bridgehead atoms. The maximum atomic E-state index is 6.79. The van der Waals surface area contributed by atoms with E-state index in [1.54, 1.807) is 0 Å². The highest BCUT2D eigenvalue weighted by molar-refractivity contribution is 5.97. The van der Waals surface area contributed by atoms with Gasteiger partial charge in [-0.2, -0.15) is 0 Å². The third-order valence-electron chi connectivity index (χ3n) is 15.3. The number of aromatic nitrogens is 3. The van der Waals surface area contributed by atoms with E-state index in [4.69, 9.17) is 19.7 Å². The molecule has 2 heterocycles. The van der Waals surface area contributed by atoms with Gasteiger partial charge in [0.25, 0.3) is 0 Å². The van der Waals surface area contributed by atoms with Gasteiger partial charge in [-0.1, -0.05) is 238 Å². The molecule has 0 radical (unpaired) electrons. The predicted molar refractivity (Wildman–Crippen MR) is 313 cm³/mol. The summed E-state index contributed by atoms with van der Waals surface area (Å²) in [4.78, 5) is 16.5. The Morgan fingerprint density at radius 1 is 0.487 bits per heavy atom. The molecule has 2 atom stereocenters. The highest BCUT2D eigenvalue weighted by Crippen LogP contribution is 2.62. The molecule has 0 N–H and O–H groups in total. The molecule has 76 heavy (non-hydrogen) atoms. The Morgan fingerprint density at radius 3 is 1.68 bits per heavy atom. The highest BCUT2D eigenvalue weighted by atomic mass is 16.5. The monoisotopic (exact) mass is 975 g/mol. The minimum absolute atomic E-state index is 0.220. The van der Waals surface area contributed by atoms with Crippen LogP contribution in [0.25, 0.3) is 78.4 Å². The molecule has 1 spiro atoms. The summed E-state index contributed by atoms with van der Waals surface area (Å²) in [6, 6.07) is 81.8. The van der Waals surface area contributed by atoms with Gasteiger partial charge in [0, 0.05) is 28.2 Å². The molecular weight excluding hydrogens is 923 g/mol. The molecule has 3 aliphatic rings. The van der Waals surface area contributed by atoms with Gasteiger partial charge in [-0.05, 0) is 126 Å². The lowest BCUT2D eigenvalue weighted by Crippen LogP contribution is -2.27. The third-order valence-corrected chi connectivity index (χ3v) is 15.3. The first-order valence-electron chi connectivity index (χ1n) is 26.1. The fourth-order valence-corrected chi connectivity index (χ4v) is 11.7. The van der Waals surface area contributed by atoms with E-state index in [9.17, 15) is 0 Å². The van der Waals surface area contributed by atoms with Crippen LogP contribution in [0, 0.1) is 0 Å². The molecular formula is C72H53N3O. The van der Waals surface area contributed by atoms with Gasteiger partial charge >= 0.3 is 0 Å². The lowest BCUT2D eigenvalue weighted by atomic mass is 9.69. The summed E-state index contributed by atoms with van der Waals surface area (Å²) >= 11 is 0. The summed E-state index contributed by atoms with van der Waals surface area (Å²) in [5.74, 6) is 2.50. The molecule has 9 aromatic carbocycles. The van der Waals surface area contributed by atoms with Crippen molar-refractivity contribution in [3.8, 4) is 61.9 Å². The first-order chi connectivity index (χ1) is 37.4. The molecule has 1 aromatic heterocycles. The molecule has 2 unspecified atom stereocenters. The minimum Gasteiger partial charge on any atom is -0.488 e. The van der Waals surface area contributed by atoms with Crippen LogP contribution in [0.2, 0.25) is 0 Å². The summed E-state index contributed by atoms with van der Waals surface area (Å²) in [6.07, 6.45) is 9.06. The van der Waals surface area contributed by atoms with Crippen molar-refractivity contribution in [1.29, 1.82) is 0 Å². The second-order valence-electron chi connectivity index (χ2n) is 20.0. The maximum absolute atomic E-state index is 6.79. The number of hydrogen-bond donors (Lipinski definition) is 0. The number of benzene rings is 9. The average Bonchev–Trinajstić information content (AvgIpc) is 4.17. The van der Waals surface area contributed by atoms with Crippen LogP contribution in [0.15, 0.2) is 267 Å². The fourth-order valence-electron chi connectivity index (χ4n) is 11.7. The fraction of sp³-hybridized carbons (Fsp3) is 0.0694. The first kappa shape index (κ1) is 46.3. The van der Waals surface area contributed by atoms with E-state index in [0.29, 0.717) is 24.1 Å². The van der Waals surface area contributed by atoms with E-state index in [1.165, 1.54) is 50.1 Å². The molecule has 0 saturated heterocycles. The summed E-state index contributed by atoms with van der Waals surface area (Å²) in [5.41, 5.74) is 21.5. The van der Waals surface area contributed by atoms with Crippen LogP contribution < -0.4 is 4.74 Å². The van der Waals surface area contributed by atoms with E-state index in [-0.39, 0.29) is 5.92 Å². The summed E-state index contributed by atoms with van der Waals surface area (Å²) < 4.78 is 6.79. The molecule has 10 aromatic rings. The largest absolute Gasteiger partial charge is 0.488 e. The molecule has 1 aliphatic heterocycles. The van der Waals surface area contributed by atoms with Gasteiger partial charge in [0.2, 0.25) is 0 Å². The van der Waals surface area contributed by atoms with Crippen LogP contribution in [0.3, 0.4) is 0 Å². The first-order valence-corrected chi connectivity index (χ1v) is 26.1. The molecule has 4 heteroatoms. The van der Waals surface area contributed by atoms with Crippen molar-refractivity contribution in [2.75, 3.05) is 6.61 Å². The SMILES string of the molecule is C=C1/C=C\C2=C(COc3ccccc31)c1ccccc1C21c2ccccc2-c2ccc(-c3nc(-c4cc(-c5ccccc5)cc(-c5ccccc5)c4)nc(C(C)/C=C(\C=C(/C)c4ccccc4)c4ccccc4)n3)cc21. The average molecular weight is 976 g/mol. The predicted octanol–water partition coefficient (Wildman–Crippen LogP) is 17.6. The Labute approximate surface area is 445 Å². The number of allylic oxidation sites excluding steroid dienone is 8. The topological polar surface area (TPSA) is 47.9 Å². The summed E-state index contributed by atoms with van der Waals surface area (Å²) in [6.45, 7) is 9.35. The van der Waals surface area contributed by atoms with E-state index in [2.05, 4.69) is 257 Å². The molecule has 13 rings (SSSR count). The Kier molecular flexibility index (Phi) is 11.8. The van der Waals surface area contributed by atoms with Gasteiger partial charge in [0.05, 0.1) is 5.41 Å². The van der Waals surface area contributed by atoms with Crippen molar-refractivity contribution >= 4 is 22.3 Å². The second-order valence-corrected chi connectivity index (χ2v) is 20.0.